The van der Waals surface area contributed by atoms with Crippen molar-refractivity contribution in [2.75, 3.05) is 0 Å². The van der Waals surface area contributed by atoms with Gasteiger partial charge in [-0.05, 0) is 18.2 Å². The summed E-state index contributed by atoms with van der Waals surface area (Å²) in [5.74, 6) is 0. The summed E-state index contributed by atoms with van der Waals surface area (Å²) in [6.07, 6.45) is -2.67. The Morgan fingerprint density at radius 2 is 2.17 bits per heavy atom. The van der Waals surface area contributed by atoms with E-state index in [1.807, 2.05) is 6.07 Å². The van der Waals surface area contributed by atoms with Crippen LogP contribution in [0.1, 0.15) is 17.7 Å². The molecule has 0 atom stereocenters. The Morgan fingerprint density at radius 3 is 2.67 bits per heavy atom. The zero-order valence-corrected chi connectivity index (χ0v) is 11.1. The number of aromatic nitrogens is 1. The standard InChI is InChI=1S/C11H5ClF2N2S2/c12-9-2-1-8(18-9)5-3-7(10(13)14)16-11(17)6(5)4-15/h1-3,10H,(H,16,17). The van der Waals surface area contributed by atoms with Gasteiger partial charge in [0.1, 0.15) is 10.7 Å². The smallest absolute Gasteiger partial charge is 0.278 e. The molecule has 0 aliphatic heterocycles. The van der Waals surface area contributed by atoms with Gasteiger partial charge in [-0.25, -0.2) is 8.78 Å². The first-order valence-electron chi connectivity index (χ1n) is 4.74. The van der Waals surface area contributed by atoms with E-state index in [1.54, 1.807) is 12.1 Å². The first-order chi connectivity index (χ1) is 8.52. The Morgan fingerprint density at radius 1 is 1.44 bits per heavy atom. The van der Waals surface area contributed by atoms with Crippen molar-refractivity contribution >= 4 is 35.2 Å². The van der Waals surface area contributed by atoms with E-state index in [-0.39, 0.29) is 15.9 Å². The van der Waals surface area contributed by atoms with Crippen molar-refractivity contribution in [2.24, 2.45) is 0 Å². The molecule has 2 heterocycles. The lowest BCUT2D eigenvalue weighted by Gasteiger charge is -2.06. The van der Waals surface area contributed by atoms with E-state index < -0.39 is 6.43 Å². The maximum absolute atomic E-state index is 12.7. The van der Waals surface area contributed by atoms with Crippen LogP contribution in [0.4, 0.5) is 8.78 Å². The summed E-state index contributed by atoms with van der Waals surface area (Å²) in [6, 6.07) is 6.48. The molecule has 0 aliphatic rings. The molecular formula is C11H5ClF2N2S2. The Kier molecular flexibility index (Phi) is 3.76. The minimum Gasteiger partial charge on any atom is -0.344 e. The molecule has 0 bridgehead atoms. The van der Waals surface area contributed by atoms with E-state index in [1.165, 1.54) is 17.4 Å². The van der Waals surface area contributed by atoms with Crippen LogP contribution < -0.4 is 0 Å². The summed E-state index contributed by atoms with van der Waals surface area (Å²) in [6.45, 7) is 0. The van der Waals surface area contributed by atoms with Gasteiger partial charge in [-0.3, -0.25) is 0 Å². The Labute approximate surface area is 115 Å². The quantitative estimate of drug-likeness (QED) is 0.798. The maximum atomic E-state index is 12.7. The SMILES string of the molecule is N#Cc1c(-c2ccc(Cl)s2)cc(C(F)F)[nH]c1=S. The molecule has 18 heavy (non-hydrogen) atoms. The van der Waals surface area contributed by atoms with Crippen LogP contribution in [0.25, 0.3) is 10.4 Å². The maximum Gasteiger partial charge on any atom is 0.278 e. The van der Waals surface area contributed by atoms with Crippen molar-refractivity contribution in [2.45, 2.75) is 6.43 Å². The minimum atomic E-state index is -2.67. The van der Waals surface area contributed by atoms with E-state index in [4.69, 9.17) is 29.1 Å². The summed E-state index contributed by atoms with van der Waals surface area (Å²) in [5, 5.41) is 9.04. The van der Waals surface area contributed by atoms with Crippen molar-refractivity contribution in [3.05, 3.63) is 38.4 Å². The Bertz CT molecular complexity index is 685. The van der Waals surface area contributed by atoms with Crippen molar-refractivity contribution in [3.63, 3.8) is 0 Å². The van der Waals surface area contributed by atoms with Crippen LogP contribution in [-0.2, 0) is 0 Å². The minimum absolute atomic E-state index is 0.00909. The molecule has 0 aliphatic carbocycles. The highest BCUT2D eigenvalue weighted by molar-refractivity contribution is 7.71. The first-order valence-corrected chi connectivity index (χ1v) is 6.34. The predicted molar refractivity (Wildman–Crippen MR) is 69.6 cm³/mol. The lowest BCUT2D eigenvalue weighted by molar-refractivity contribution is 0.146. The lowest BCUT2D eigenvalue weighted by atomic mass is 10.1. The van der Waals surface area contributed by atoms with Gasteiger partial charge in [0.15, 0.2) is 0 Å². The summed E-state index contributed by atoms with van der Waals surface area (Å²) in [5.41, 5.74) is 0.250. The summed E-state index contributed by atoms with van der Waals surface area (Å²) in [4.78, 5) is 2.99. The van der Waals surface area contributed by atoms with Gasteiger partial charge in [0.05, 0.1) is 15.6 Å². The number of nitrogens with one attached hydrogen (secondary N) is 1. The van der Waals surface area contributed by atoms with Gasteiger partial charge < -0.3 is 4.98 Å². The van der Waals surface area contributed by atoms with Gasteiger partial charge in [0.25, 0.3) is 6.43 Å². The average molecular weight is 303 g/mol. The number of halogens is 3. The number of nitrogens with zero attached hydrogens (tertiary/aromatic N) is 1. The molecule has 0 spiro atoms. The zero-order valence-electron chi connectivity index (χ0n) is 8.71. The molecule has 2 nitrogen and oxygen atoms in total. The van der Waals surface area contributed by atoms with Gasteiger partial charge in [-0.2, -0.15) is 5.26 Å². The van der Waals surface area contributed by atoms with Crippen LogP contribution in [0, 0.1) is 16.0 Å². The number of rotatable bonds is 2. The van der Waals surface area contributed by atoms with Crippen LogP contribution in [0.5, 0.6) is 0 Å². The fraction of sp³-hybridized carbons (Fsp3) is 0.0909. The molecule has 0 saturated carbocycles. The largest absolute Gasteiger partial charge is 0.344 e. The lowest BCUT2D eigenvalue weighted by Crippen LogP contribution is -1.95. The second-order valence-electron chi connectivity index (χ2n) is 3.36. The van der Waals surface area contributed by atoms with E-state index >= 15 is 0 Å². The molecule has 92 valence electrons. The molecule has 0 aromatic carbocycles. The Balaban J connectivity index is 2.72. The first kappa shape index (κ1) is 13.1. The van der Waals surface area contributed by atoms with Crippen LogP contribution in [0.2, 0.25) is 4.34 Å². The van der Waals surface area contributed by atoms with Crippen LogP contribution in [0.15, 0.2) is 18.2 Å². The van der Waals surface area contributed by atoms with Gasteiger partial charge in [-0.1, -0.05) is 23.8 Å². The molecule has 0 fully saturated rings. The van der Waals surface area contributed by atoms with Crippen LogP contribution in [-0.4, -0.2) is 4.98 Å². The monoisotopic (exact) mass is 302 g/mol. The highest BCUT2D eigenvalue weighted by Crippen LogP contribution is 2.34. The normalized spacial score (nSPS) is 10.6. The number of thiophene rings is 1. The number of aromatic amines is 1. The molecule has 0 amide bonds. The van der Waals surface area contributed by atoms with Crippen LogP contribution >= 0.6 is 35.2 Å². The number of hydrogen-bond acceptors (Lipinski definition) is 3. The number of alkyl halides is 2. The van der Waals surface area contributed by atoms with Crippen molar-refractivity contribution in [1.29, 1.82) is 5.26 Å². The van der Waals surface area contributed by atoms with Crippen LogP contribution in [0.3, 0.4) is 0 Å². The Hall–Kier alpha value is -1.29. The molecule has 0 unspecified atom stereocenters. The molecule has 2 aromatic rings. The summed E-state index contributed by atoms with van der Waals surface area (Å²) >= 11 is 11.9. The molecular weight excluding hydrogens is 298 g/mol. The van der Waals surface area contributed by atoms with Gasteiger partial charge >= 0.3 is 0 Å². The zero-order chi connectivity index (χ0) is 13.3. The van der Waals surface area contributed by atoms with E-state index in [0.717, 1.165) is 0 Å². The van der Waals surface area contributed by atoms with Crippen molar-refractivity contribution < 1.29 is 8.78 Å². The van der Waals surface area contributed by atoms with E-state index in [9.17, 15) is 8.78 Å². The fourth-order valence-electron chi connectivity index (χ4n) is 1.46. The molecule has 7 heteroatoms. The third-order valence-electron chi connectivity index (χ3n) is 2.24. The molecule has 0 radical (unpaired) electrons. The van der Waals surface area contributed by atoms with Gasteiger partial charge in [0.2, 0.25) is 0 Å². The fourth-order valence-corrected chi connectivity index (χ4v) is 2.80. The van der Waals surface area contributed by atoms with E-state index in [2.05, 4.69) is 4.98 Å². The topological polar surface area (TPSA) is 39.6 Å². The highest BCUT2D eigenvalue weighted by atomic mass is 35.5. The second kappa shape index (κ2) is 5.14. The predicted octanol–water partition coefficient (Wildman–Crippen LogP) is 4.94. The van der Waals surface area contributed by atoms with Crippen molar-refractivity contribution in [1.82, 2.24) is 4.98 Å². The van der Waals surface area contributed by atoms with Gasteiger partial charge in [-0.15, -0.1) is 11.3 Å². The number of H-pyrrole nitrogens is 1. The molecule has 2 rings (SSSR count). The molecule has 2 aromatic heterocycles. The third-order valence-corrected chi connectivity index (χ3v) is 3.81. The number of nitriles is 1. The average Bonchev–Trinajstić information content (AvgIpc) is 2.74. The highest BCUT2D eigenvalue weighted by Gasteiger charge is 2.15. The van der Waals surface area contributed by atoms with E-state index in [0.29, 0.717) is 14.8 Å². The van der Waals surface area contributed by atoms with Crippen molar-refractivity contribution in [3.8, 4) is 16.5 Å². The molecule has 0 saturated heterocycles. The number of pyridine rings is 1. The summed E-state index contributed by atoms with van der Waals surface area (Å²) < 4.78 is 25.9. The second-order valence-corrected chi connectivity index (χ2v) is 5.48. The molecule has 1 N–H and O–H groups in total. The summed E-state index contributed by atoms with van der Waals surface area (Å²) in [7, 11) is 0. The number of hydrogen-bond donors (Lipinski definition) is 1. The third kappa shape index (κ3) is 2.43. The van der Waals surface area contributed by atoms with Gasteiger partial charge in [0, 0.05) is 10.4 Å².